The molecule has 0 N–H and O–H groups in total. The maximum Gasteiger partial charge on any atom is 0.186 e. The predicted octanol–water partition coefficient (Wildman–Crippen LogP) is 3.44. The van der Waals surface area contributed by atoms with Gasteiger partial charge in [-0.25, -0.2) is 0 Å². The standard InChI is InChI=1S/C14H15NOS/c1-3-11-4-5-12(17-11)9-14(16)13-8-10(2)6-7-15-13/h4-8H,3,9H2,1-2H3. The van der Waals surface area contributed by atoms with E-state index in [-0.39, 0.29) is 5.78 Å². The zero-order valence-corrected chi connectivity index (χ0v) is 10.9. The number of aryl methyl sites for hydroxylation is 2. The molecule has 0 aromatic carbocycles. The molecule has 2 aromatic rings. The summed E-state index contributed by atoms with van der Waals surface area (Å²) >= 11 is 1.71. The van der Waals surface area contributed by atoms with Gasteiger partial charge in [0, 0.05) is 22.4 Å². The zero-order chi connectivity index (χ0) is 12.3. The molecule has 0 saturated heterocycles. The van der Waals surface area contributed by atoms with Crippen LogP contribution in [-0.4, -0.2) is 10.8 Å². The molecule has 3 heteroatoms. The van der Waals surface area contributed by atoms with Gasteiger partial charge in [0.05, 0.1) is 0 Å². The molecular weight excluding hydrogens is 230 g/mol. The predicted molar refractivity (Wildman–Crippen MR) is 70.7 cm³/mol. The summed E-state index contributed by atoms with van der Waals surface area (Å²) in [7, 11) is 0. The second-order valence-corrected chi connectivity index (χ2v) is 5.29. The average Bonchev–Trinajstić information content (AvgIpc) is 2.77. The lowest BCUT2D eigenvalue weighted by molar-refractivity contribution is 0.0989. The molecule has 2 heterocycles. The number of nitrogens with zero attached hydrogens (tertiary/aromatic N) is 1. The van der Waals surface area contributed by atoms with Crippen molar-refractivity contribution in [1.82, 2.24) is 4.98 Å². The van der Waals surface area contributed by atoms with Gasteiger partial charge in [-0.2, -0.15) is 0 Å². The Labute approximate surface area is 105 Å². The van der Waals surface area contributed by atoms with Crippen molar-refractivity contribution in [1.29, 1.82) is 0 Å². The third-order valence-electron chi connectivity index (χ3n) is 2.60. The zero-order valence-electron chi connectivity index (χ0n) is 10.1. The van der Waals surface area contributed by atoms with Crippen LogP contribution in [0.3, 0.4) is 0 Å². The van der Waals surface area contributed by atoms with Crippen LogP contribution in [0.25, 0.3) is 0 Å². The minimum absolute atomic E-state index is 0.0956. The number of hydrogen-bond donors (Lipinski definition) is 0. The molecule has 0 aliphatic heterocycles. The summed E-state index contributed by atoms with van der Waals surface area (Å²) < 4.78 is 0. The van der Waals surface area contributed by atoms with Crippen LogP contribution in [-0.2, 0) is 12.8 Å². The highest BCUT2D eigenvalue weighted by atomic mass is 32.1. The van der Waals surface area contributed by atoms with Gasteiger partial charge in [0.2, 0.25) is 0 Å². The van der Waals surface area contributed by atoms with Crippen molar-refractivity contribution >= 4 is 17.1 Å². The Balaban J connectivity index is 2.11. The summed E-state index contributed by atoms with van der Waals surface area (Å²) in [6.07, 6.45) is 3.18. The molecule has 0 fully saturated rings. The Morgan fingerprint density at radius 3 is 2.71 bits per heavy atom. The lowest BCUT2D eigenvalue weighted by Crippen LogP contribution is -2.04. The van der Waals surface area contributed by atoms with E-state index >= 15 is 0 Å². The molecule has 0 unspecified atom stereocenters. The first-order chi connectivity index (χ1) is 8.19. The molecule has 0 saturated carbocycles. The fraction of sp³-hybridized carbons (Fsp3) is 0.286. The summed E-state index contributed by atoms with van der Waals surface area (Å²) in [6, 6.07) is 7.88. The summed E-state index contributed by atoms with van der Waals surface area (Å²) in [5.41, 5.74) is 1.64. The van der Waals surface area contributed by atoms with Gasteiger partial charge in [-0.15, -0.1) is 11.3 Å². The number of thiophene rings is 1. The normalized spacial score (nSPS) is 10.5. The SMILES string of the molecule is CCc1ccc(CC(=O)c2cc(C)ccn2)s1. The number of Topliss-reactive ketones (excluding diaryl/α,β-unsaturated/α-hetero) is 1. The van der Waals surface area contributed by atoms with Gasteiger partial charge >= 0.3 is 0 Å². The summed E-state index contributed by atoms with van der Waals surface area (Å²) in [5.74, 6) is 0.0956. The quantitative estimate of drug-likeness (QED) is 0.772. The number of pyridine rings is 1. The number of carbonyl (C=O) groups excluding carboxylic acids is 1. The van der Waals surface area contributed by atoms with E-state index in [0.29, 0.717) is 12.1 Å². The van der Waals surface area contributed by atoms with Gasteiger partial charge in [0.1, 0.15) is 5.69 Å². The number of aromatic nitrogens is 1. The molecule has 0 radical (unpaired) electrons. The number of rotatable bonds is 4. The van der Waals surface area contributed by atoms with Crippen molar-refractivity contribution < 1.29 is 4.79 Å². The maximum atomic E-state index is 12.0. The number of ketones is 1. The molecule has 2 nitrogen and oxygen atoms in total. The maximum absolute atomic E-state index is 12.0. The first-order valence-electron chi connectivity index (χ1n) is 5.72. The lowest BCUT2D eigenvalue weighted by Gasteiger charge is -1.99. The van der Waals surface area contributed by atoms with Gasteiger partial charge in [-0.05, 0) is 43.2 Å². The largest absolute Gasteiger partial charge is 0.292 e. The topological polar surface area (TPSA) is 30.0 Å². The van der Waals surface area contributed by atoms with Crippen LogP contribution >= 0.6 is 11.3 Å². The minimum atomic E-state index is 0.0956. The van der Waals surface area contributed by atoms with Gasteiger partial charge in [0.15, 0.2) is 5.78 Å². The fourth-order valence-corrected chi connectivity index (χ4v) is 2.60. The van der Waals surface area contributed by atoms with E-state index in [1.165, 1.54) is 4.88 Å². The van der Waals surface area contributed by atoms with Crippen molar-refractivity contribution in [2.24, 2.45) is 0 Å². The fourth-order valence-electron chi connectivity index (χ4n) is 1.64. The third kappa shape index (κ3) is 3.01. The minimum Gasteiger partial charge on any atom is -0.292 e. The van der Waals surface area contributed by atoms with Gasteiger partial charge in [0.25, 0.3) is 0 Å². The van der Waals surface area contributed by atoms with Gasteiger partial charge in [-0.1, -0.05) is 6.92 Å². The van der Waals surface area contributed by atoms with Crippen LogP contribution in [0, 0.1) is 6.92 Å². The number of carbonyl (C=O) groups is 1. The highest BCUT2D eigenvalue weighted by molar-refractivity contribution is 7.12. The molecular formula is C14H15NOS. The third-order valence-corrected chi connectivity index (χ3v) is 3.83. The van der Waals surface area contributed by atoms with Crippen molar-refractivity contribution in [2.45, 2.75) is 26.7 Å². The number of hydrogen-bond acceptors (Lipinski definition) is 3. The molecule has 0 spiro atoms. The second kappa shape index (κ2) is 5.23. The van der Waals surface area contributed by atoms with E-state index in [0.717, 1.165) is 16.9 Å². The Kier molecular flexibility index (Phi) is 3.69. The Morgan fingerprint density at radius 1 is 1.29 bits per heavy atom. The molecule has 0 aliphatic rings. The molecule has 0 atom stereocenters. The van der Waals surface area contributed by atoms with Crippen LogP contribution in [0.2, 0.25) is 0 Å². The highest BCUT2D eigenvalue weighted by Gasteiger charge is 2.10. The summed E-state index contributed by atoms with van der Waals surface area (Å²) in [5, 5.41) is 0. The molecule has 2 rings (SSSR count). The first-order valence-corrected chi connectivity index (χ1v) is 6.54. The molecule has 0 amide bonds. The van der Waals surface area contributed by atoms with E-state index in [1.807, 2.05) is 25.1 Å². The Hall–Kier alpha value is -1.48. The van der Waals surface area contributed by atoms with E-state index in [1.54, 1.807) is 17.5 Å². The first kappa shape index (κ1) is 12.0. The van der Waals surface area contributed by atoms with E-state index in [2.05, 4.69) is 18.0 Å². The van der Waals surface area contributed by atoms with Crippen LogP contribution in [0.1, 0.15) is 32.7 Å². The molecule has 0 aliphatic carbocycles. The Morgan fingerprint density at radius 2 is 2.06 bits per heavy atom. The van der Waals surface area contributed by atoms with Crippen LogP contribution < -0.4 is 0 Å². The Bertz CT molecular complexity index is 531. The lowest BCUT2D eigenvalue weighted by atomic mass is 10.1. The van der Waals surface area contributed by atoms with Crippen molar-refractivity contribution in [2.75, 3.05) is 0 Å². The summed E-state index contributed by atoms with van der Waals surface area (Å²) in [4.78, 5) is 18.6. The average molecular weight is 245 g/mol. The van der Waals surface area contributed by atoms with Crippen molar-refractivity contribution in [3.63, 3.8) is 0 Å². The molecule has 88 valence electrons. The second-order valence-electron chi connectivity index (χ2n) is 4.04. The molecule has 17 heavy (non-hydrogen) atoms. The van der Waals surface area contributed by atoms with Crippen LogP contribution in [0.5, 0.6) is 0 Å². The smallest absolute Gasteiger partial charge is 0.186 e. The summed E-state index contributed by atoms with van der Waals surface area (Å²) in [6.45, 7) is 4.10. The van der Waals surface area contributed by atoms with Gasteiger partial charge in [-0.3, -0.25) is 9.78 Å². The monoisotopic (exact) mass is 245 g/mol. The van der Waals surface area contributed by atoms with Crippen LogP contribution in [0.15, 0.2) is 30.5 Å². The van der Waals surface area contributed by atoms with Crippen LogP contribution in [0.4, 0.5) is 0 Å². The van der Waals surface area contributed by atoms with Gasteiger partial charge < -0.3 is 0 Å². The molecule has 0 bridgehead atoms. The van der Waals surface area contributed by atoms with E-state index in [4.69, 9.17) is 0 Å². The van der Waals surface area contributed by atoms with Crippen molar-refractivity contribution in [3.8, 4) is 0 Å². The molecule has 2 aromatic heterocycles. The van der Waals surface area contributed by atoms with E-state index < -0.39 is 0 Å². The highest BCUT2D eigenvalue weighted by Crippen LogP contribution is 2.18. The van der Waals surface area contributed by atoms with E-state index in [9.17, 15) is 4.79 Å². The van der Waals surface area contributed by atoms with Crippen molar-refractivity contribution in [3.05, 3.63) is 51.5 Å².